The molecule has 2 N–H and O–H groups in total. The number of nitrogens with one attached hydrogen (secondary N) is 2. The number of esters is 1. The normalized spacial score (nSPS) is 14.5. The standard InChI is InChI=1S/C10H20N2O3/c1-6(2)8(11-4)9(13)12-7(3)10(14)15-5/h6-8,11H,1-5H3,(H,12,13)/t7-,8-/m0/s1. The Hall–Kier alpha value is -1.10. The van der Waals surface area contributed by atoms with E-state index in [1.807, 2.05) is 13.8 Å². The molecule has 0 heterocycles. The molecule has 0 saturated heterocycles. The maximum atomic E-state index is 11.7. The molecular formula is C10H20N2O3. The molecule has 0 saturated carbocycles. The van der Waals surface area contributed by atoms with Crippen LogP contribution in [-0.4, -0.2) is 38.1 Å². The van der Waals surface area contributed by atoms with Crippen LogP contribution in [-0.2, 0) is 14.3 Å². The average Bonchev–Trinajstić information content (AvgIpc) is 2.16. The number of hydrogen-bond donors (Lipinski definition) is 2. The molecule has 88 valence electrons. The molecule has 0 aromatic rings. The summed E-state index contributed by atoms with van der Waals surface area (Å²) in [5.74, 6) is -0.466. The van der Waals surface area contributed by atoms with Gasteiger partial charge in [-0.15, -0.1) is 0 Å². The second-order valence-electron chi connectivity index (χ2n) is 3.76. The maximum Gasteiger partial charge on any atom is 0.328 e. The van der Waals surface area contributed by atoms with Gasteiger partial charge in [-0.1, -0.05) is 13.8 Å². The second-order valence-corrected chi connectivity index (χ2v) is 3.76. The van der Waals surface area contributed by atoms with Gasteiger partial charge in [0.25, 0.3) is 0 Å². The third kappa shape index (κ3) is 4.29. The van der Waals surface area contributed by atoms with Gasteiger partial charge in [-0.25, -0.2) is 4.79 Å². The number of carbonyl (C=O) groups is 2. The van der Waals surface area contributed by atoms with Crippen LogP contribution in [0.2, 0.25) is 0 Å². The van der Waals surface area contributed by atoms with Crippen molar-refractivity contribution in [2.24, 2.45) is 5.92 Å². The Kier molecular flexibility index (Phi) is 5.93. The minimum atomic E-state index is -0.614. The van der Waals surface area contributed by atoms with Crippen molar-refractivity contribution in [1.82, 2.24) is 10.6 Å². The lowest BCUT2D eigenvalue weighted by molar-refractivity contribution is -0.144. The molecule has 1 amide bonds. The van der Waals surface area contributed by atoms with Crippen molar-refractivity contribution in [1.29, 1.82) is 0 Å². The smallest absolute Gasteiger partial charge is 0.328 e. The zero-order valence-electron chi connectivity index (χ0n) is 9.96. The Balaban J connectivity index is 4.28. The highest BCUT2D eigenvalue weighted by atomic mass is 16.5. The van der Waals surface area contributed by atoms with Crippen molar-refractivity contribution in [3.05, 3.63) is 0 Å². The van der Waals surface area contributed by atoms with E-state index in [-0.39, 0.29) is 17.9 Å². The predicted octanol–water partition coefficient (Wildman–Crippen LogP) is -0.0919. The molecular weight excluding hydrogens is 196 g/mol. The van der Waals surface area contributed by atoms with E-state index in [0.29, 0.717) is 0 Å². The fourth-order valence-corrected chi connectivity index (χ4v) is 1.31. The molecule has 5 heteroatoms. The van der Waals surface area contributed by atoms with E-state index in [2.05, 4.69) is 15.4 Å². The molecule has 0 aliphatic carbocycles. The molecule has 0 aliphatic heterocycles. The maximum absolute atomic E-state index is 11.7. The fraction of sp³-hybridized carbons (Fsp3) is 0.800. The molecule has 0 bridgehead atoms. The van der Waals surface area contributed by atoms with Crippen molar-refractivity contribution >= 4 is 11.9 Å². The van der Waals surface area contributed by atoms with Crippen molar-refractivity contribution in [3.8, 4) is 0 Å². The number of hydrogen-bond acceptors (Lipinski definition) is 4. The van der Waals surface area contributed by atoms with Gasteiger partial charge in [-0.2, -0.15) is 0 Å². The minimum absolute atomic E-state index is 0.167. The van der Waals surface area contributed by atoms with Crippen LogP contribution >= 0.6 is 0 Å². The first-order valence-electron chi connectivity index (χ1n) is 4.99. The fourth-order valence-electron chi connectivity index (χ4n) is 1.31. The zero-order valence-corrected chi connectivity index (χ0v) is 9.96. The first-order valence-corrected chi connectivity index (χ1v) is 4.99. The topological polar surface area (TPSA) is 67.4 Å². The highest BCUT2D eigenvalue weighted by Gasteiger charge is 2.23. The van der Waals surface area contributed by atoms with Crippen molar-refractivity contribution in [3.63, 3.8) is 0 Å². The summed E-state index contributed by atoms with van der Waals surface area (Å²) in [6.45, 7) is 5.46. The molecule has 0 unspecified atom stereocenters. The first kappa shape index (κ1) is 13.9. The van der Waals surface area contributed by atoms with Crippen LogP contribution in [0.5, 0.6) is 0 Å². The van der Waals surface area contributed by atoms with Gasteiger partial charge in [0.05, 0.1) is 13.2 Å². The van der Waals surface area contributed by atoms with Gasteiger partial charge in [0, 0.05) is 0 Å². The Morgan fingerprint density at radius 1 is 1.20 bits per heavy atom. The summed E-state index contributed by atoms with van der Waals surface area (Å²) in [4.78, 5) is 22.7. The summed E-state index contributed by atoms with van der Waals surface area (Å²) in [5, 5.41) is 5.49. The summed E-state index contributed by atoms with van der Waals surface area (Å²) in [7, 11) is 3.01. The first-order chi connectivity index (χ1) is 6.93. The van der Waals surface area contributed by atoms with E-state index in [1.54, 1.807) is 14.0 Å². The summed E-state index contributed by atoms with van der Waals surface area (Å²) in [5.41, 5.74) is 0. The molecule has 5 nitrogen and oxygen atoms in total. The van der Waals surface area contributed by atoms with E-state index in [9.17, 15) is 9.59 Å². The van der Waals surface area contributed by atoms with E-state index >= 15 is 0 Å². The summed E-state index contributed by atoms with van der Waals surface area (Å²) in [6.07, 6.45) is 0. The van der Waals surface area contributed by atoms with E-state index in [4.69, 9.17) is 0 Å². The third-order valence-corrected chi connectivity index (χ3v) is 2.17. The van der Waals surface area contributed by atoms with Crippen LogP contribution in [0.25, 0.3) is 0 Å². The Morgan fingerprint density at radius 3 is 2.07 bits per heavy atom. The summed E-state index contributed by atoms with van der Waals surface area (Å²) < 4.78 is 4.51. The molecule has 0 aromatic carbocycles. The minimum Gasteiger partial charge on any atom is -0.467 e. The number of carbonyl (C=O) groups excluding carboxylic acids is 2. The number of methoxy groups -OCH3 is 1. The molecule has 0 aromatic heterocycles. The number of likely N-dealkylation sites (N-methyl/N-ethyl adjacent to an activating group) is 1. The van der Waals surface area contributed by atoms with Gasteiger partial charge in [-0.3, -0.25) is 4.79 Å². The molecule has 0 radical (unpaired) electrons. The van der Waals surface area contributed by atoms with Crippen LogP contribution in [0.1, 0.15) is 20.8 Å². The largest absolute Gasteiger partial charge is 0.467 e. The Morgan fingerprint density at radius 2 is 1.73 bits per heavy atom. The zero-order chi connectivity index (χ0) is 12.0. The third-order valence-electron chi connectivity index (χ3n) is 2.17. The van der Waals surface area contributed by atoms with Crippen LogP contribution < -0.4 is 10.6 Å². The predicted molar refractivity (Wildman–Crippen MR) is 57.3 cm³/mol. The van der Waals surface area contributed by atoms with Gasteiger partial charge in [0.15, 0.2) is 0 Å². The molecule has 15 heavy (non-hydrogen) atoms. The van der Waals surface area contributed by atoms with Gasteiger partial charge in [0.2, 0.25) is 5.91 Å². The SMILES string of the molecule is CN[C@H](C(=O)N[C@@H](C)C(=O)OC)C(C)C. The quantitative estimate of drug-likeness (QED) is 0.630. The van der Waals surface area contributed by atoms with Crippen LogP contribution in [0.4, 0.5) is 0 Å². The highest BCUT2D eigenvalue weighted by Crippen LogP contribution is 2.01. The van der Waals surface area contributed by atoms with Gasteiger partial charge in [-0.05, 0) is 19.9 Å². The van der Waals surface area contributed by atoms with Crippen LogP contribution in [0, 0.1) is 5.92 Å². The summed E-state index contributed by atoms with van der Waals surface area (Å²) in [6, 6.07) is -0.908. The van der Waals surface area contributed by atoms with Crippen LogP contribution in [0.15, 0.2) is 0 Å². The number of ether oxygens (including phenoxy) is 1. The van der Waals surface area contributed by atoms with E-state index in [0.717, 1.165) is 0 Å². The molecule has 0 aliphatic rings. The van der Waals surface area contributed by atoms with Gasteiger partial charge >= 0.3 is 5.97 Å². The van der Waals surface area contributed by atoms with E-state index in [1.165, 1.54) is 7.11 Å². The van der Waals surface area contributed by atoms with Crippen molar-refractivity contribution in [2.75, 3.05) is 14.2 Å². The van der Waals surface area contributed by atoms with Crippen LogP contribution in [0.3, 0.4) is 0 Å². The average molecular weight is 216 g/mol. The lowest BCUT2D eigenvalue weighted by Gasteiger charge is -2.21. The second kappa shape index (κ2) is 6.40. The highest BCUT2D eigenvalue weighted by molar-refractivity contribution is 5.87. The summed E-state index contributed by atoms with van der Waals surface area (Å²) >= 11 is 0. The molecule has 0 fully saturated rings. The van der Waals surface area contributed by atoms with E-state index < -0.39 is 12.0 Å². The Labute approximate surface area is 90.6 Å². The lowest BCUT2D eigenvalue weighted by Crippen LogP contribution is -2.50. The molecule has 0 rings (SSSR count). The van der Waals surface area contributed by atoms with Crippen molar-refractivity contribution < 1.29 is 14.3 Å². The van der Waals surface area contributed by atoms with Gasteiger partial charge in [0.1, 0.15) is 6.04 Å². The Bertz CT molecular complexity index is 229. The number of amides is 1. The van der Waals surface area contributed by atoms with Crippen molar-refractivity contribution in [2.45, 2.75) is 32.9 Å². The number of rotatable bonds is 5. The molecule has 2 atom stereocenters. The monoisotopic (exact) mass is 216 g/mol. The molecule has 0 spiro atoms. The lowest BCUT2D eigenvalue weighted by atomic mass is 10.0. The van der Waals surface area contributed by atoms with Gasteiger partial charge < -0.3 is 15.4 Å².